The first-order valence-electron chi connectivity index (χ1n) is 7.26. The van der Waals surface area contributed by atoms with Crippen LogP contribution < -0.4 is 11.2 Å². The second-order valence-electron chi connectivity index (χ2n) is 5.78. The molecule has 4 rings (SSSR count). The molecule has 7 heteroatoms. The van der Waals surface area contributed by atoms with Gasteiger partial charge in [-0.15, -0.1) is 11.3 Å². The zero-order valence-corrected chi connectivity index (χ0v) is 14.0. The van der Waals surface area contributed by atoms with Crippen molar-refractivity contribution in [2.24, 2.45) is 0 Å². The number of aromatic nitrogens is 2. The molecule has 23 heavy (non-hydrogen) atoms. The highest BCUT2D eigenvalue weighted by Gasteiger charge is 2.24. The van der Waals surface area contributed by atoms with E-state index in [0.717, 1.165) is 22.0 Å². The molecule has 0 saturated carbocycles. The van der Waals surface area contributed by atoms with Crippen LogP contribution in [-0.2, 0) is 19.6 Å². The van der Waals surface area contributed by atoms with E-state index in [1.165, 1.54) is 15.8 Å². The second-order valence-corrected chi connectivity index (χ2v) is 7.29. The third kappa shape index (κ3) is 2.43. The summed E-state index contributed by atoms with van der Waals surface area (Å²) in [6.45, 7) is 3.96. The monoisotopic (exact) mass is 347 g/mol. The lowest BCUT2D eigenvalue weighted by atomic mass is 10.1. The van der Waals surface area contributed by atoms with Gasteiger partial charge in [0.2, 0.25) is 0 Å². The van der Waals surface area contributed by atoms with Gasteiger partial charge in [-0.1, -0.05) is 23.7 Å². The molecule has 1 aromatic carbocycles. The van der Waals surface area contributed by atoms with Crippen molar-refractivity contribution in [3.63, 3.8) is 0 Å². The Morgan fingerprint density at radius 1 is 1.26 bits per heavy atom. The Kier molecular flexibility index (Phi) is 3.41. The topological polar surface area (TPSA) is 69.0 Å². The zero-order chi connectivity index (χ0) is 16.1. The molecular weight excluding hydrogens is 334 g/mol. The quantitative estimate of drug-likeness (QED) is 0.749. The minimum Gasteiger partial charge on any atom is -0.310 e. The number of nitrogens with one attached hydrogen (secondary N) is 2. The Bertz CT molecular complexity index is 1030. The number of thiophene rings is 1. The van der Waals surface area contributed by atoms with E-state index in [1.54, 1.807) is 11.3 Å². The lowest BCUT2D eigenvalue weighted by Crippen LogP contribution is -2.25. The standard InChI is InChI=1S/C16H14ClN3O2S/c1-8-9-3-2-4-11(17)14(9)23-13(8)7-20-5-10-12(6-20)18-16(22)19-15(10)21/h2-4H,5-7H2,1H3,(H2,18,19,21,22). The fourth-order valence-corrected chi connectivity index (χ4v) is 4.63. The molecule has 0 aliphatic carbocycles. The van der Waals surface area contributed by atoms with Crippen molar-refractivity contribution < 1.29 is 0 Å². The highest BCUT2D eigenvalue weighted by molar-refractivity contribution is 7.20. The summed E-state index contributed by atoms with van der Waals surface area (Å²) >= 11 is 7.97. The fourth-order valence-electron chi connectivity index (χ4n) is 3.09. The summed E-state index contributed by atoms with van der Waals surface area (Å²) in [5.74, 6) is 0. The predicted octanol–water partition coefficient (Wildman–Crippen LogP) is 2.76. The lowest BCUT2D eigenvalue weighted by Gasteiger charge is -2.13. The molecule has 2 aromatic heterocycles. The van der Waals surface area contributed by atoms with Gasteiger partial charge >= 0.3 is 5.69 Å². The molecule has 0 saturated heterocycles. The van der Waals surface area contributed by atoms with E-state index in [2.05, 4.69) is 27.9 Å². The highest BCUT2D eigenvalue weighted by atomic mass is 35.5. The molecule has 1 aliphatic rings. The number of H-pyrrole nitrogens is 2. The number of benzene rings is 1. The van der Waals surface area contributed by atoms with Crippen LogP contribution in [0.2, 0.25) is 5.02 Å². The Hall–Kier alpha value is -1.89. The van der Waals surface area contributed by atoms with Crippen LogP contribution in [0.3, 0.4) is 0 Å². The van der Waals surface area contributed by atoms with Crippen molar-refractivity contribution in [3.8, 4) is 0 Å². The van der Waals surface area contributed by atoms with E-state index in [1.807, 2.05) is 12.1 Å². The van der Waals surface area contributed by atoms with Gasteiger partial charge in [-0.2, -0.15) is 0 Å². The Morgan fingerprint density at radius 2 is 2.09 bits per heavy atom. The van der Waals surface area contributed by atoms with E-state index in [4.69, 9.17) is 11.6 Å². The fraction of sp³-hybridized carbons (Fsp3) is 0.250. The highest BCUT2D eigenvalue weighted by Crippen LogP contribution is 2.36. The van der Waals surface area contributed by atoms with Gasteiger partial charge in [0.15, 0.2) is 0 Å². The summed E-state index contributed by atoms with van der Waals surface area (Å²) < 4.78 is 1.10. The summed E-state index contributed by atoms with van der Waals surface area (Å²) in [5, 5.41) is 1.95. The van der Waals surface area contributed by atoms with Gasteiger partial charge in [0, 0.05) is 30.2 Å². The van der Waals surface area contributed by atoms with Crippen molar-refractivity contribution in [1.29, 1.82) is 0 Å². The molecule has 118 valence electrons. The van der Waals surface area contributed by atoms with Crippen LogP contribution in [0.1, 0.15) is 21.7 Å². The molecule has 0 atom stereocenters. The molecule has 5 nitrogen and oxygen atoms in total. The molecule has 0 amide bonds. The third-order valence-corrected chi connectivity index (χ3v) is 6.03. The van der Waals surface area contributed by atoms with Crippen LogP contribution in [0.25, 0.3) is 10.1 Å². The van der Waals surface area contributed by atoms with Crippen LogP contribution in [-0.4, -0.2) is 14.9 Å². The summed E-state index contributed by atoms with van der Waals surface area (Å²) in [4.78, 5) is 31.6. The largest absolute Gasteiger partial charge is 0.325 e. The molecule has 1 aliphatic heterocycles. The van der Waals surface area contributed by atoms with Gasteiger partial charge in [0.1, 0.15) is 0 Å². The van der Waals surface area contributed by atoms with Crippen molar-refractivity contribution in [1.82, 2.24) is 14.9 Å². The molecule has 0 spiro atoms. The number of nitrogens with zero attached hydrogens (tertiary/aromatic N) is 1. The number of aryl methyl sites for hydroxylation is 1. The Morgan fingerprint density at radius 3 is 2.87 bits per heavy atom. The normalized spacial score (nSPS) is 14.5. The van der Waals surface area contributed by atoms with Gasteiger partial charge < -0.3 is 4.98 Å². The van der Waals surface area contributed by atoms with Crippen LogP contribution in [0.15, 0.2) is 27.8 Å². The lowest BCUT2D eigenvalue weighted by molar-refractivity contribution is 0.275. The maximum absolute atomic E-state index is 11.9. The average molecular weight is 348 g/mol. The molecule has 0 fully saturated rings. The van der Waals surface area contributed by atoms with Crippen molar-refractivity contribution in [3.05, 3.63) is 65.8 Å². The van der Waals surface area contributed by atoms with E-state index in [9.17, 15) is 9.59 Å². The van der Waals surface area contributed by atoms with Gasteiger partial charge in [0.25, 0.3) is 5.56 Å². The van der Waals surface area contributed by atoms with Crippen molar-refractivity contribution in [2.75, 3.05) is 0 Å². The first-order chi connectivity index (χ1) is 11.0. The minimum atomic E-state index is -0.444. The number of rotatable bonds is 2. The van der Waals surface area contributed by atoms with E-state index < -0.39 is 5.69 Å². The van der Waals surface area contributed by atoms with Crippen molar-refractivity contribution in [2.45, 2.75) is 26.6 Å². The third-order valence-electron chi connectivity index (χ3n) is 4.28. The van der Waals surface area contributed by atoms with Crippen LogP contribution >= 0.6 is 22.9 Å². The first-order valence-corrected chi connectivity index (χ1v) is 8.45. The number of hydrogen-bond acceptors (Lipinski definition) is 4. The first kappa shape index (κ1) is 14.7. The number of aromatic amines is 2. The number of halogens is 1. The van der Waals surface area contributed by atoms with Gasteiger partial charge in [-0.3, -0.25) is 14.7 Å². The van der Waals surface area contributed by atoms with E-state index in [0.29, 0.717) is 18.7 Å². The smallest absolute Gasteiger partial charge is 0.310 e. The molecular formula is C16H14ClN3O2S. The van der Waals surface area contributed by atoms with Gasteiger partial charge in [0.05, 0.1) is 15.3 Å². The summed E-state index contributed by atoms with van der Waals surface area (Å²) in [7, 11) is 0. The van der Waals surface area contributed by atoms with Crippen LogP contribution in [0, 0.1) is 6.92 Å². The molecule has 3 aromatic rings. The zero-order valence-electron chi connectivity index (χ0n) is 12.4. The Balaban J connectivity index is 1.67. The maximum Gasteiger partial charge on any atom is 0.325 e. The maximum atomic E-state index is 11.9. The van der Waals surface area contributed by atoms with E-state index in [-0.39, 0.29) is 5.56 Å². The molecule has 2 N–H and O–H groups in total. The molecule has 0 radical (unpaired) electrons. The van der Waals surface area contributed by atoms with E-state index >= 15 is 0 Å². The summed E-state index contributed by atoms with van der Waals surface area (Å²) in [6, 6.07) is 5.95. The molecule has 0 bridgehead atoms. The predicted molar refractivity (Wildman–Crippen MR) is 92.2 cm³/mol. The average Bonchev–Trinajstić information content (AvgIpc) is 3.03. The van der Waals surface area contributed by atoms with Crippen molar-refractivity contribution >= 4 is 33.0 Å². The number of fused-ring (bicyclic) bond motifs is 2. The summed E-state index contributed by atoms with van der Waals surface area (Å²) in [5.41, 5.74) is 1.87. The number of hydrogen-bond donors (Lipinski definition) is 2. The Labute approximate surface area is 140 Å². The molecule has 0 unspecified atom stereocenters. The molecule has 3 heterocycles. The minimum absolute atomic E-state index is 0.289. The van der Waals surface area contributed by atoms with Gasteiger partial charge in [-0.05, 0) is 23.9 Å². The van der Waals surface area contributed by atoms with Gasteiger partial charge in [-0.25, -0.2) is 4.79 Å². The second kappa shape index (κ2) is 5.33. The SMILES string of the molecule is Cc1c(CN2Cc3[nH]c(=O)[nH]c(=O)c3C2)sc2c(Cl)cccc12. The van der Waals surface area contributed by atoms with Crippen LogP contribution in [0.5, 0.6) is 0 Å². The van der Waals surface area contributed by atoms with Crippen LogP contribution in [0.4, 0.5) is 0 Å². The summed E-state index contributed by atoms with van der Waals surface area (Å²) in [6.07, 6.45) is 0.